The zero-order valence-corrected chi connectivity index (χ0v) is 11.6. The van der Waals surface area contributed by atoms with Crippen molar-refractivity contribution in [3.63, 3.8) is 0 Å². The summed E-state index contributed by atoms with van der Waals surface area (Å²) in [5, 5.41) is 3.21. The van der Waals surface area contributed by atoms with Crippen LogP contribution in [0, 0.1) is 0 Å². The Balaban J connectivity index is 2.08. The third-order valence-electron chi connectivity index (χ3n) is 3.43. The van der Waals surface area contributed by atoms with Gasteiger partial charge in [-0.2, -0.15) is 0 Å². The molecule has 1 aromatic heterocycles. The van der Waals surface area contributed by atoms with Gasteiger partial charge in [0.2, 0.25) is 0 Å². The molecule has 1 aliphatic heterocycles. The van der Waals surface area contributed by atoms with E-state index in [9.17, 15) is 0 Å². The van der Waals surface area contributed by atoms with Crippen molar-refractivity contribution in [2.24, 2.45) is 0 Å². The van der Waals surface area contributed by atoms with Crippen LogP contribution < -0.4 is 10.2 Å². The van der Waals surface area contributed by atoms with E-state index in [0.717, 1.165) is 31.3 Å². The third kappa shape index (κ3) is 3.10. The summed E-state index contributed by atoms with van der Waals surface area (Å²) in [4.78, 5) is 13.5. The fourth-order valence-corrected chi connectivity index (χ4v) is 2.36. The van der Waals surface area contributed by atoms with Crippen LogP contribution in [0.2, 0.25) is 0 Å². The van der Waals surface area contributed by atoms with Crippen molar-refractivity contribution in [3.05, 3.63) is 12.4 Å². The molecule has 0 aliphatic carbocycles. The number of aromatic nitrogens is 2. The maximum absolute atomic E-state index is 4.61. The molecule has 5 nitrogen and oxygen atoms in total. The molecule has 1 aromatic rings. The van der Waals surface area contributed by atoms with Crippen LogP contribution in [-0.4, -0.2) is 54.6 Å². The zero-order valence-electron chi connectivity index (χ0n) is 11.6. The molecule has 1 fully saturated rings. The van der Waals surface area contributed by atoms with E-state index in [1.165, 1.54) is 12.8 Å². The maximum atomic E-state index is 4.61. The monoisotopic (exact) mass is 249 g/mol. The molecule has 1 saturated heterocycles. The minimum absolute atomic E-state index is 0.614. The molecule has 0 radical (unpaired) electrons. The number of nitrogens with one attached hydrogen (secondary N) is 1. The summed E-state index contributed by atoms with van der Waals surface area (Å²) in [6.07, 6.45) is 6.12. The molecule has 1 atom stereocenters. The van der Waals surface area contributed by atoms with Crippen LogP contribution in [0.5, 0.6) is 0 Å². The fraction of sp³-hybridized carbons (Fsp3) is 0.692. The van der Waals surface area contributed by atoms with Crippen LogP contribution >= 0.6 is 0 Å². The van der Waals surface area contributed by atoms with Crippen molar-refractivity contribution in [3.8, 4) is 0 Å². The summed E-state index contributed by atoms with van der Waals surface area (Å²) in [7, 11) is 4.30. The smallest absolute Gasteiger partial charge is 0.149 e. The molecule has 1 N–H and O–H groups in total. The average molecular weight is 249 g/mol. The largest absolute Gasteiger partial charge is 0.369 e. The molecule has 0 bridgehead atoms. The highest BCUT2D eigenvalue weighted by Crippen LogP contribution is 2.20. The lowest BCUT2D eigenvalue weighted by molar-refractivity contribution is 0.257. The number of rotatable bonds is 4. The molecule has 0 saturated carbocycles. The van der Waals surface area contributed by atoms with Crippen molar-refractivity contribution in [1.29, 1.82) is 0 Å². The molecule has 18 heavy (non-hydrogen) atoms. The zero-order chi connectivity index (χ0) is 13.0. The van der Waals surface area contributed by atoms with E-state index in [1.807, 2.05) is 6.20 Å². The first kappa shape index (κ1) is 13.1. The predicted octanol–water partition coefficient (Wildman–Crippen LogP) is 1.44. The average Bonchev–Trinajstić information content (AvgIpc) is 2.39. The van der Waals surface area contributed by atoms with E-state index in [4.69, 9.17) is 0 Å². The Morgan fingerprint density at radius 2 is 2.28 bits per heavy atom. The van der Waals surface area contributed by atoms with Gasteiger partial charge in [0, 0.05) is 25.7 Å². The minimum Gasteiger partial charge on any atom is -0.369 e. The second-order valence-corrected chi connectivity index (χ2v) is 5.00. The molecular weight excluding hydrogens is 226 g/mol. The van der Waals surface area contributed by atoms with Crippen molar-refractivity contribution >= 4 is 11.6 Å². The van der Waals surface area contributed by atoms with Crippen LogP contribution in [0.4, 0.5) is 11.6 Å². The lowest BCUT2D eigenvalue weighted by Gasteiger charge is -2.36. The maximum Gasteiger partial charge on any atom is 0.149 e. The highest BCUT2D eigenvalue weighted by Gasteiger charge is 2.22. The number of anilines is 2. The summed E-state index contributed by atoms with van der Waals surface area (Å²) in [5.41, 5.74) is 0. The first-order valence-corrected chi connectivity index (χ1v) is 6.68. The second-order valence-electron chi connectivity index (χ2n) is 5.00. The van der Waals surface area contributed by atoms with Gasteiger partial charge in [-0.3, -0.25) is 4.98 Å². The van der Waals surface area contributed by atoms with Crippen molar-refractivity contribution < 1.29 is 0 Å². The van der Waals surface area contributed by atoms with Gasteiger partial charge in [-0.05, 0) is 33.9 Å². The number of piperidine rings is 1. The topological polar surface area (TPSA) is 44.3 Å². The quantitative estimate of drug-likeness (QED) is 0.874. The molecule has 2 rings (SSSR count). The van der Waals surface area contributed by atoms with Crippen LogP contribution in [0.1, 0.15) is 19.8 Å². The summed E-state index contributed by atoms with van der Waals surface area (Å²) >= 11 is 0. The number of likely N-dealkylation sites (N-methyl/N-ethyl adjacent to an activating group) is 1. The molecule has 1 aliphatic rings. The van der Waals surface area contributed by atoms with Crippen LogP contribution in [-0.2, 0) is 0 Å². The third-order valence-corrected chi connectivity index (χ3v) is 3.43. The van der Waals surface area contributed by atoms with E-state index in [2.05, 4.69) is 46.1 Å². The molecular formula is C13H23N5. The van der Waals surface area contributed by atoms with Crippen molar-refractivity contribution in [1.82, 2.24) is 14.9 Å². The van der Waals surface area contributed by atoms with Gasteiger partial charge >= 0.3 is 0 Å². The number of nitrogens with zero attached hydrogens (tertiary/aromatic N) is 4. The number of hydrogen-bond donors (Lipinski definition) is 1. The molecule has 1 unspecified atom stereocenters. The van der Waals surface area contributed by atoms with E-state index in [-0.39, 0.29) is 0 Å². The lowest BCUT2D eigenvalue weighted by Crippen LogP contribution is -2.45. The van der Waals surface area contributed by atoms with E-state index in [1.54, 1.807) is 6.20 Å². The van der Waals surface area contributed by atoms with Gasteiger partial charge in [0.15, 0.2) is 0 Å². The molecule has 0 amide bonds. The Bertz CT molecular complexity index is 379. The molecule has 0 spiro atoms. The van der Waals surface area contributed by atoms with Gasteiger partial charge in [0.25, 0.3) is 0 Å². The van der Waals surface area contributed by atoms with Gasteiger partial charge in [0.05, 0.1) is 12.4 Å². The Morgan fingerprint density at radius 3 is 3.00 bits per heavy atom. The van der Waals surface area contributed by atoms with E-state index >= 15 is 0 Å². The van der Waals surface area contributed by atoms with Gasteiger partial charge in [-0.1, -0.05) is 0 Å². The SMILES string of the molecule is CCNc1cncc(N2CCCC(N(C)C)C2)n1. The molecule has 5 heteroatoms. The van der Waals surface area contributed by atoms with Gasteiger partial charge < -0.3 is 15.1 Å². The van der Waals surface area contributed by atoms with Crippen molar-refractivity contribution in [2.75, 3.05) is 43.9 Å². The predicted molar refractivity (Wildman–Crippen MR) is 75.1 cm³/mol. The Morgan fingerprint density at radius 1 is 1.44 bits per heavy atom. The Kier molecular flexibility index (Phi) is 4.36. The highest BCUT2D eigenvalue weighted by atomic mass is 15.3. The summed E-state index contributed by atoms with van der Waals surface area (Å²) in [5.74, 6) is 1.85. The lowest BCUT2D eigenvalue weighted by atomic mass is 10.1. The van der Waals surface area contributed by atoms with Crippen LogP contribution in [0.25, 0.3) is 0 Å². The normalized spacial score (nSPS) is 20.2. The standard InChI is InChI=1S/C13H23N5/c1-4-15-12-8-14-9-13(16-12)18-7-5-6-11(10-18)17(2)3/h8-9,11H,4-7,10H2,1-3H3,(H,15,16). The van der Waals surface area contributed by atoms with Crippen molar-refractivity contribution in [2.45, 2.75) is 25.8 Å². The van der Waals surface area contributed by atoms with E-state index < -0.39 is 0 Å². The molecule has 0 aromatic carbocycles. The highest BCUT2D eigenvalue weighted by molar-refractivity contribution is 5.44. The summed E-state index contributed by atoms with van der Waals surface area (Å²) < 4.78 is 0. The van der Waals surface area contributed by atoms with Crippen LogP contribution in [0.3, 0.4) is 0 Å². The second kappa shape index (κ2) is 6.00. The van der Waals surface area contributed by atoms with E-state index in [0.29, 0.717) is 6.04 Å². The number of hydrogen-bond acceptors (Lipinski definition) is 5. The first-order chi connectivity index (χ1) is 8.70. The minimum atomic E-state index is 0.614. The molecule has 2 heterocycles. The first-order valence-electron chi connectivity index (χ1n) is 6.68. The van der Waals surface area contributed by atoms with Gasteiger partial charge in [-0.15, -0.1) is 0 Å². The van der Waals surface area contributed by atoms with Gasteiger partial charge in [0.1, 0.15) is 11.6 Å². The Labute approximate surface area is 109 Å². The summed E-state index contributed by atoms with van der Waals surface area (Å²) in [6.45, 7) is 5.06. The fourth-order valence-electron chi connectivity index (χ4n) is 2.36. The van der Waals surface area contributed by atoms with Crippen LogP contribution in [0.15, 0.2) is 12.4 Å². The summed E-state index contributed by atoms with van der Waals surface area (Å²) in [6, 6.07) is 0.614. The molecule has 100 valence electrons. The Hall–Kier alpha value is -1.36. The van der Waals surface area contributed by atoms with Gasteiger partial charge in [-0.25, -0.2) is 4.98 Å².